The third kappa shape index (κ3) is 3.03. The van der Waals surface area contributed by atoms with Crippen LogP contribution in [0.5, 0.6) is 0 Å². The van der Waals surface area contributed by atoms with Crippen molar-refractivity contribution in [1.29, 1.82) is 0 Å². The second-order valence-electron chi connectivity index (χ2n) is 6.83. The number of rotatable bonds is 2. The van der Waals surface area contributed by atoms with Crippen molar-refractivity contribution in [3.05, 3.63) is 33.7 Å². The largest absolute Gasteiger partial charge is 0.334 e. The Morgan fingerprint density at radius 2 is 1.95 bits per heavy atom. The Bertz CT molecular complexity index is 611. The van der Waals surface area contributed by atoms with Crippen LogP contribution >= 0.6 is 0 Å². The first-order valence-corrected chi connectivity index (χ1v) is 8.23. The number of hydrogen-bond donors (Lipinski definition) is 1. The average Bonchev–Trinajstić information content (AvgIpc) is 2.51. The number of hydrogen-bond acceptors (Lipinski definition) is 2. The Kier molecular flexibility index (Phi) is 4.23. The number of amides is 2. The van der Waals surface area contributed by atoms with Crippen molar-refractivity contribution in [2.45, 2.75) is 39.2 Å². The molecular weight excluding hydrogens is 278 g/mol. The Balaban J connectivity index is 1.61. The Hall–Kier alpha value is -1.78. The summed E-state index contributed by atoms with van der Waals surface area (Å²) in [6.45, 7) is 3.94. The van der Waals surface area contributed by atoms with Crippen molar-refractivity contribution in [2.24, 2.45) is 18.9 Å². The van der Waals surface area contributed by atoms with Crippen molar-refractivity contribution in [2.75, 3.05) is 13.1 Å². The molecule has 2 aliphatic rings. The molecule has 0 spiro atoms. The van der Waals surface area contributed by atoms with Gasteiger partial charge in [-0.15, -0.1) is 0 Å². The standard InChI is InChI=1S/C17H25N3O2/c1-12-6-7-15(16(21)19(12)2)9-18-17(22)20-10-13-4-3-5-14(8-13)11-20/h6-7,13-14H,3-5,8-11H2,1-2H3,(H,18,22). The van der Waals surface area contributed by atoms with Gasteiger partial charge in [0.15, 0.2) is 0 Å². The molecule has 1 N–H and O–H groups in total. The van der Waals surface area contributed by atoms with Gasteiger partial charge >= 0.3 is 6.03 Å². The van der Waals surface area contributed by atoms with E-state index < -0.39 is 0 Å². The summed E-state index contributed by atoms with van der Waals surface area (Å²) in [5.74, 6) is 1.34. The molecule has 1 aromatic rings. The number of fused-ring (bicyclic) bond motifs is 2. The lowest BCUT2D eigenvalue weighted by Gasteiger charge is -2.41. The van der Waals surface area contributed by atoms with Gasteiger partial charge in [-0.05, 0) is 44.1 Å². The predicted molar refractivity (Wildman–Crippen MR) is 85.7 cm³/mol. The highest BCUT2D eigenvalue weighted by molar-refractivity contribution is 5.74. The molecule has 1 saturated carbocycles. The molecule has 2 atom stereocenters. The van der Waals surface area contributed by atoms with Crippen LogP contribution in [0.4, 0.5) is 4.79 Å². The first kappa shape index (κ1) is 15.1. The van der Waals surface area contributed by atoms with Crippen molar-refractivity contribution in [3.63, 3.8) is 0 Å². The number of carbonyl (C=O) groups is 1. The second-order valence-corrected chi connectivity index (χ2v) is 6.83. The fourth-order valence-corrected chi connectivity index (χ4v) is 3.79. The lowest BCUT2D eigenvalue weighted by molar-refractivity contribution is 0.103. The number of urea groups is 1. The molecule has 2 amide bonds. The maximum absolute atomic E-state index is 12.4. The van der Waals surface area contributed by atoms with Crippen molar-refractivity contribution in [1.82, 2.24) is 14.8 Å². The predicted octanol–water partition coefficient (Wildman–Crippen LogP) is 2.03. The number of pyridine rings is 1. The van der Waals surface area contributed by atoms with Gasteiger partial charge in [0, 0.05) is 37.9 Å². The van der Waals surface area contributed by atoms with E-state index in [-0.39, 0.29) is 11.6 Å². The molecule has 120 valence electrons. The first-order valence-electron chi connectivity index (χ1n) is 8.23. The number of piperidine rings is 1. The number of nitrogens with one attached hydrogen (secondary N) is 1. The summed E-state index contributed by atoms with van der Waals surface area (Å²) < 4.78 is 1.62. The van der Waals surface area contributed by atoms with Crippen molar-refractivity contribution in [3.8, 4) is 0 Å². The molecule has 0 radical (unpaired) electrons. The molecule has 1 aliphatic carbocycles. The van der Waals surface area contributed by atoms with E-state index in [9.17, 15) is 9.59 Å². The normalized spacial score (nSPS) is 24.2. The molecule has 5 heteroatoms. The summed E-state index contributed by atoms with van der Waals surface area (Å²) in [6.07, 6.45) is 5.09. The van der Waals surface area contributed by atoms with Crippen LogP contribution in [0.15, 0.2) is 16.9 Å². The molecular formula is C17H25N3O2. The summed E-state index contributed by atoms with van der Waals surface area (Å²) in [7, 11) is 1.76. The minimum absolute atomic E-state index is 0.0285. The zero-order valence-electron chi connectivity index (χ0n) is 13.5. The van der Waals surface area contributed by atoms with E-state index in [1.165, 1.54) is 25.7 Å². The summed E-state index contributed by atoms with van der Waals surface area (Å²) in [6, 6.07) is 3.69. The fourth-order valence-electron chi connectivity index (χ4n) is 3.79. The van der Waals surface area contributed by atoms with E-state index in [1.54, 1.807) is 11.6 Å². The summed E-state index contributed by atoms with van der Waals surface area (Å²) >= 11 is 0. The van der Waals surface area contributed by atoms with Gasteiger partial charge in [-0.2, -0.15) is 0 Å². The maximum Gasteiger partial charge on any atom is 0.317 e. The monoisotopic (exact) mass is 303 g/mol. The number of nitrogens with zero attached hydrogens (tertiary/aromatic N) is 2. The number of likely N-dealkylation sites (tertiary alicyclic amines) is 1. The average molecular weight is 303 g/mol. The molecule has 3 rings (SSSR count). The molecule has 2 bridgehead atoms. The van der Waals surface area contributed by atoms with E-state index >= 15 is 0 Å². The Morgan fingerprint density at radius 3 is 2.64 bits per heavy atom. The topological polar surface area (TPSA) is 54.3 Å². The van der Waals surface area contributed by atoms with Crippen LogP contribution < -0.4 is 10.9 Å². The Morgan fingerprint density at radius 1 is 1.27 bits per heavy atom. The molecule has 0 aromatic carbocycles. The SMILES string of the molecule is Cc1ccc(CNC(=O)N2CC3CCCC(C3)C2)c(=O)n1C. The highest BCUT2D eigenvalue weighted by Gasteiger charge is 2.32. The highest BCUT2D eigenvalue weighted by Crippen LogP contribution is 2.34. The van der Waals surface area contributed by atoms with Gasteiger partial charge in [0.1, 0.15) is 0 Å². The smallest absolute Gasteiger partial charge is 0.317 e. The van der Waals surface area contributed by atoms with Crippen LogP contribution in [-0.4, -0.2) is 28.6 Å². The van der Waals surface area contributed by atoms with Gasteiger partial charge in [-0.3, -0.25) is 4.79 Å². The molecule has 5 nitrogen and oxygen atoms in total. The molecule has 2 heterocycles. The van der Waals surface area contributed by atoms with Crippen LogP contribution in [0.3, 0.4) is 0 Å². The second kappa shape index (κ2) is 6.15. The number of aromatic nitrogens is 1. The van der Waals surface area contributed by atoms with Crippen molar-refractivity contribution < 1.29 is 4.79 Å². The minimum atomic E-state index is -0.0317. The minimum Gasteiger partial charge on any atom is -0.334 e. The maximum atomic E-state index is 12.4. The Labute approximate surface area is 131 Å². The van der Waals surface area contributed by atoms with Gasteiger partial charge in [0.2, 0.25) is 0 Å². The molecule has 1 aliphatic heterocycles. The highest BCUT2D eigenvalue weighted by atomic mass is 16.2. The van der Waals surface area contributed by atoms with Gasteiger partial charge < -0.3 is 14.8 Å². The van der Waals surface area contributed by atoms with E-state index in [4.69, 9.17) is 0 Å². The quantitative estimate of drug-likeness (QED) is 0.909. The molecule has 2 fully saturated rings. The van der Waals surface area contributed by atoms with Crippen LogP contribution in [-0.2, 0) is 13.6 Å². The first-order chi connectivity index (χ1) is 10.5. The third-order valence-corrected chi connectivity index (χ3v) is 5.20. The lowest BCUT2D eigenvalue weighted by atomic mass is 9.78. The van der Waals surface area contributed by atoms with E-state index in [1.807, 2.05) is 24.0 Å². The van der Waals surface area contributed by atoms with Crippen molar-refractivity contribution >= 4 is 6.03 Å². The zero-order valence-corrected chi connectivity index (χ0v) is 13.5. The molecule has 2 unspecified atom stereocenters. The number of aryl methyl sites for hydroxylation is 1. The summed E-state index contributed by atoms with van der Waals surface area (Å²) in [5, 5.41) is 2.92. The van der Waals surface area contributed by atoms with Crippen LogP contribution in [0, 0.1) is 18.8 Å². The summed E-state index contributed by atoms with van der Waals surface area (Å²) in [4.78, 5) is 26.4. The number of carbonyl (C=O) groups excluding carboxylic acids is 1. The van der Waals surface area contributed by atoms with Crippen LogP contribution in [0.1, 0.15) is 36.9 Å². The summed E-state index contributed by atoms with van der Waals surface area (Å²) in [5.41, 5.74) is 1.53. The fraction of sp³-hybridized carbons (Fsp3) is 0.647. The molecule has 22 heavy (non-hydrogen) atoms. The van der Waals surface area contributed by atoms with Gasteiger partial charge in [-0.25, -0.2) is 4.79 Å². The van der Waals surface area contributed by atoms with Crippen LogP contribution in [0.2, 0.25) is 0 Å². The molecule has 1 aromatic heterocycles. The van der Waals surface area contributed by atoms with E-state index in [2.05, 4.69) is 5.32 Å². The van der Waals surface area contributed by atoms with Gasteiger partial charge in [0.05, 0.1) is 0 Å². The van der Waals surface area contributed by atoms with Crippen LogP contribution in [0.25, 0.3) is 0 Å². The van der Waals surface area contributed by atoms with E-state index in [0.29, 0.717) is 23.9 Å². The zero-order chi connectivity index (χ0) is 15.7. The van der Waals surface area contributed by atoms with E-state index in [0.717, 1.165) is 18.8 Å². The van der Waals surface area contributed by atoms with Gasteiger partial charge in [0.25, 0.3) is 5.56 Å². The third-order valence-electron chi connectivity index (χ3n) is 5.20. The lowest BCUT2D eigenvalue weighted by Crippen LogP contribution is -2.49. The van der Waals surface area contributed by atoms with Gasteiger partial charge in [-0.1, -0.05) is 12.5 Å². The molecule has 1 saturated heterocycles.